The zero-order chi connectivity index (χ0) is 24.3. The number of rotatable bonds is 7. The predicted molar refractivity (Wildman–Crippen MR) is 139 cm³/mol. The van der Waals surface area contributed by atoms with Crippen molar-refractivity contribution in [2.45, 2.75) is 45.1 Å². The zero-order valence-electron chi connectivity index (χ0n) is 20.4. The van der Waals surface area contributed by atoms with Gasteiger partial charge in [0.2, 0.25) is 0 Å². The Morgan fingerprint density at radius 3 is 2.44 bits per heavy atom. The molecule has 34 heavy (non-hydrogen) atoms. The van der Waals surface area contributed by atoms with Crippen molar-refractivity contribution in [1.82, 2.24) is 0 Å². The summed E-state index contributed by atoms with van der Waals surface area (Å²) < 4.78 is 5.50. The summed E-state index contributed by atoms with van der Waals surface area (Å²) in [7, 11) is 1.71. The Balaban J connectivity index is 1.80. The van der Waals surface area contributed by atoms with Gasteiger partial charge in [-0.15, -0.1) is 0 Å². The molecular formula is C30H33NO3. The molecule has 1 aliphatic heterocycles. The van der Waals surface area contributed by atoms with Gasteiger partial charge in [0, 0.05) is 18.3 Å². The predicted octanol–water partition coefficient (Wildman–Crippen LogP) is 6.63. The number of benzene rings is 3. The number of carboxylic acids is 1. The van der Waals surface area contributed by atoms with Crippen molar-refractivity contribution < 1.29 is 14.6 Å². The lowest BCUT2D eigenvalue weighted by Gasteiger charge is -2.48. The van der Waals surface area contributed by atoms with Gasteiger partial charge in [-0.3, -0.25) is 0 Å². The molecule has 1 N–H and O–H groups in total. The fraction of sp³-hybridized carbons (Fsp3) is 0.300. The maximum atomic E-state index is 10.9. The molecule has 2 unspecified atom stereocenters. The zero-order valence-corrected chi connectivity index (χ0v) is 20.4. The number of nitrogens with zero attached hydrogens (tertiary/aromatic N) is 1. The number of methoxy groups -OCH3 is 1. The molecule has 3 aromatic rings. The van der Waals surface area contributed by atoms with Gasteiger partial charge in [0.15, 0.2) is 0 Å². The van der Waals surface area contributed by atoms with Crippen molar-refractivity contribution >= 4 is 17.7 Å². The van der Waals surface area contributed by atoms with Gasteiger partial charge in [0.05, 0.1) is 12.6 Å². The Morgan fingerprint density at radius 1 is 1.12 bits per heavy atom. The Hall–Kier alpha value is -3.53. The minimum atomic E-state index is -0.946. The molecule has 4 nitrogen and oxygen atoms in total. The van der Waals surface area contributed by atoms with Gasteiger partial charge in [-0.2, -0.15) is 0 Å². The number of ether oxygens (including phenoxy) is 1. The Labute approximate surface area is 202 Å². The van der Waals surface area contributed by atoms with Crippen molar-refractivity contribution in [3.8, 4) is 5.75 Å². The lowest BCUT2D eigenvalue weighted by Crippen LogP contribution is -2.49. The second kappa shape index (κ2) is 9.76. The van der Waals surface area contributed by atoms with Crippen LogP contribution in [0.15, 0.2) is 72.8 Å². The summed E-state index contributed by atoms with van der Waals surface area (Å²) in [4.78, 5) is 13.4. The highest BCUT2D eigenvalue weighted by Gasteiger charge is 2.40. The van der Waals surface area contributed by atoms with Crippen LogP contribution in [0.25, 0.3) is 6.08 Å². The summed E-state index contributed by atoms with van der Waals surface area (Å²) in [6.07, 6.45) is 4.86. The van der Waals surface area contributed by atoms with Crippen LogP contribution in [-0.4, -0.2) is 24.7 Å². The van der Waals surface area contributed by atoms with Crippen LogP contribution in [0.2, 0.25) is 0 Å². The van der Waals surface area contributed by atoms with E-state index in [1.807, 2.05) is 18.2 Å². The number of anilines is 1. The Bertz CT molecular complexity index is 1180. The maximum absolute atomic E-state index is 10.9. The second-order valence-corrected chi connectivity index (χ2v) is 9.19. The van der Waals surface area contributed by atoms with E-state index in [2.05, 4.69) is 74.2 Å². The number of aliphatic carboxylic acids is 1. The maximum Gasteiger partial charge on any atom is 0.328 e. The van der Waals surface area contributed by atoms with Crippen LogP contribution in [-0.2, 0) is 16.8 Å². The van der Waals surface area contributed by atoms with Gasteiger partial charge in [0.25, 0.3) is 0 Å². The molecule has 3 aromatic carbocycles. The molecule has 1 heterocycles. The van der Waals surface area contributed by atoms with Crippen molar-refractivity contribution in [2.75, 3.05) is 18.6 Å². The minimum absolute atomic E-state index is 0.382. The molecule has 2 atom stereocenters. The molecule has 0 aliphatic carbocycles. The molecule has 1 aliphatic rings. The molecule has 0 radical (unpaired) electrons. The van der Waals surface area contributed by atoms with Crippen LogP contribution in [0.3, 0.4) is 0 Å². The van der Waals surface area contributed by atoms with Crippen LogP contribution in [0.1, 0.15) is 60.9 Å². The van der Waals surface area contributed by atoms with Gasteiger partial charge in [0.1, 0.15) is 5.75 Å². The third kappa shape index (κ3) is 4.45. The van der Waals surface area contributed by atoms with E-state index in [1.165, 1.54) is 28.5 Å². The van der Waals surface area contributed by atoms with Crippen LogP contribution in [0.5, 0.6) is 5.75 Å². The Kier molecular flexibility index (Phi) is 6.78. The van der Waals surface area contributed by atoms with E-state index in [0.717, 1.165) is 36.3 Å². The number of hydrogen-bond donors (Lipinski definition) is 1. The average molecular weight is 456 g/mol. The summed E-state index contributed by atoms with van der Waals surface area (Å²) in [6.45, 7) is 7.66. The molecule has 0 saturated heterocycles. The van der Waals surface area contributed by atoms with Gasteiger partial charge >= 0.3 is 5.97 Å². The van der Waals surface area contributed by atoms with Crippen molar-refractivity contribution in [3.05, 3.63) is 101 Å². The third-order valence-corrected chi connectivity index (χ3v) is 7.26. The minimum Gasteiger partial charge on any atom is -0.497 e. The van der Waals surface area contributed by atoms with Crippen molar-refractivity contribution in [2.24, 2.45) is 0 Å². The quantitative estimate of drug-likeness (QED) is 0.406. The van der Waals surface area contributed by atoms with Crippen LogP contribution in [0.4, 0.5) is 5.69 Å². The van der Waals surface area contributed by atoms with E-state index in [1.54, 1.807) is 13.2 Å². The first-order valence-corrected chi connectivity index (χ1v) is 11.9. The first-order chi connectivity index (χ1) is 16.4. The molecule has 0 aromatic heterocycles. The van der Waals surface area contributed by atoms with Gasteiger partial charge in [-0.05, 0) is 83.8 Å². The Morgan fingerprint density at radius 2 is 1.82 bits per heavy atom. The van der Waals surface area contributed by atoms with Gasteiger partial charge in [-0.1, -0.05) is 56.3 Å². The van der Waals surface area contributed by atoms with E-state index < -0.39 is 5.97 Å². The van der Waals surface area contributed by atoms with E-state index in [4.69, 9.17) is 9.84 Å². The first kappa shape index (κ1) is 23.6. The molecule has 0 saturated carbocycles. The van der Waals surface area contributed by atoms with Crippen LogP contribution >= 0.6 is 0 Å². The largest absolute Gasteiger partial charge is 0.497 e. The summed E-state index contributed by atoms with van der Waals surface area (Å²) in [5.74, 6) is 0.473. The fourth-order valence-corrected chi connectivity index (χ4v) is 4.98. The number of carboxylic acid groups (broad SMARTS) is 1. The fourth-order valence-electron chi connectivity index (χ4n) is 4.98. The molecule has 0 amide bonds. The SMILES string of the molecule is CCC(C)c1ccc(N2CCc3cc(OC)ccc3C2(C)c2ccc(C=CC(=O)O)cc2)cc1. The van der Waals surface area contributed by atoms with E-state index in [0.29, 0.717) is 5.92 Å². The topological polar surface area (TPSA) is 49.8 Å². The van der Waals surface area contributed by atoms with Crippen LogP contribution < -0.4 is 9.64 Å². The van der Waals surface area contributed by atoms with Gasteiger partial charge in [-0.25, -0.2) is 4.79 Å². The molecule has 0 fully saturated rings. The summed E-state index contributed by atoms with van der Waals surface area (Å²) in [5, 5.41) is 8.95. The monoisotopic (exact) mass is 455 g/mol. The summed E-state index contributed by atoms with van der Waals surface area (Å²) >= 11 is 0. The number of carbonyl (C=O) groups is 1. The van der Waals surface area contributed by atoms with E-state index in [-0.39, 0.29) is 5.54 Å². The third-order valence-electron chi connectivity index (χ3n) is 7.26. The van der Waals surface area contributed by atoms with E-state index in [9.17, 15) is 4.79 Å². The van der Waals surface area contributed by atoms with E-state index >= 15 is 0 Å². The second-order valence-electron chi connectivity index (χ2n) is 9.19. The summed E-state index contributed by atoms with van der Waals surface area (Å²) in [5.41, 5.74) is 6.77. The molecule has 4 heteroatoms. The van der Waals surface area contributed by atoms with Crippen molar-refractivity contribution in [3.63, 3.8) is 0 Å². The van der Waals surface area contributed by atoms with Crippen molar-refractivity contribution in [1.29, 1.82) is 0 Å². The standard InChI is InChI=1S/C30H33NO3/c1-5-21(2)23-9-13-26(14-10-23)31-19-18-24-20-27(34-4)15-16-28(24)30(31,3)25-11-6-22(7-12-25)8-17-29(32)33/h6-17,20-21H,5,18-19H2,1-4H3,(H,32,33). The highest BCUT2D eigenvalue weighted by molar-refractivity contribution is 5.85. The highest BCUT2D eigenvalue weighted by atomic mass is 16.5. The smallest absolute Gasteiger partial charge is 0.328 e. The lowest BCUT2D eigenvalue weighted by atomic mass is 9.76. The molecular weight excluding hydrogens is 422 g/mol. The molecule has 0 bridgehead atoms. The highest BCUT2D eigenvalue weighted by Crippen LogP contribution is 2.44. The summed E-state index contributed by atoms with van der Waals surface area (Å²) in [6, 6.07) is 23.6. The first-order valence-electron chi connectivity index (χ1n) is 11.9. The lowest BCUT2D eigenvalue weighted by molar-refractivity contribution is -0.131. The molecule has 176 valence electrons. The normalized spacial score (nSPS) is 18.5. The van der Waals surface area contributed by atoms with Crippen LogP contribution in [0, 0.1) is 0 Å². The van der Waals surface area contributed by atoms with Gasteiger partial charge < -0.3 is 14.7 Å². The number of hydrogen-bond acceptors (Lipinski definition) is 3. The molecule has 0 spiro atoms. The molecule has 4 rings (SSSR count). The number of fused-ring (bicyclic) bond motifs is 1. The average Bonchev–Trinajstić information content (AvgIpc) is 2.87.